The topological polar surface area (TPSA) is 59.1 Å². The fourth-order valence-electron chi connectivity index (χ4n) is 2.22. The van der Waals surface area contributed by atoms with Crippen LogP contribution in [0.3, 0.4) is 0 Å². The number of unbranched alkanes of at least 4 members (excludes halogenated alkanes) is 3. The number of methoxy groups -OCH3 is 1. The second-order valence-electron chi connectivity index (χ2n) is 5.43. The Morgan fingerprint density at radius 2 is 1.86 bits per heavy atom. The van der Waals surface area contributed by atoms with Crippen LogP contribution in [0.25, 0.3) is 0 Å². The summed E-state index contributed by atoms with van der Waals surface area (Å²) in [5, 5.41) is 6.71. The standard InChI is InChI=1S/C16H30N4O/c1-5-7-8-9-10-13(3)20-16-14(21-4)15(17-11-6-2)18-12-19-16/h12-13H,5-11H2,1-4H3,(H2,17,18,19,20). The van der Waals surface area contributed by atoms with Crippen LogP contribution in [0.1, 0.15) is 59.3 Å². The van der Waals surface area contributed by atoms with Crippen LogP contribution in [0.4, 0.5) is 11.6 Å². The van der Waals surface area contributed by atoms with Gasteiger partial charge in [0.2, 0.25) is 5.75 Å². The first kappa shape index (κ1) is 17.5. The zero-order valence-electron chi connectivity index (χ0n) is 13.9. The highest BCUT2D eigenvalue weighted by molar-refractivity contribution is 5.63. The second kappa shape index (κ2) is 10.2. The van der Waals surface area contributed by atoms with E-state index in [1.165, 1.54) is 25.7 Å². The van der Waals surface area contributed by atoms with Crippen LogP contribution < -0.4 is 15.4 Å². The lowest BCUT2D eigenvalue weighted by Crippen LogP contribution is -2.17. The molecule has 0 saturated carbocycles. The number of ether oxygens (including phenoxy) is 1. The smallest absolute Gasteiger partial charge is 0.204 e. The van der Waals surface area contributed by atoms with Gasteiger partial charge in [-0.2, -0.15) is 0 Å². The van der Waals surface area contributed by atoms with Crippen molar-refractivity contribution in [3.05, 3.63) is 6.33 Å². The van der Waals surface area contributed by atoms with Crippen molar-refractivity contribution in [1.29, 1.82) is 0 Å². The number of aromatic nitrogens is 2. The number of anilines is 2. The average molecular weight is 294 g/mol. The van der Waals surface area contributed by atoms with E-state index in [4.69, 9.17) is 4.74 Å². The number of hydrogen-bond acceptors (Lipinski definition) is 5. The lowest BCUT2D eigenvalue weighted by Gasteiger charge is -2.18. The van der Waals surface area contributed by atoms with Crippen LogP contribution in [0.2, 0.25) is 0 Å². The van der Waals surface area contributed by atoms with Crippen LogP contribution in [-0.2, 0) is 0 Å². The van der Waals surface area contributed by atoms with E-state index in [9.17, 15) is 0 Å². The van der Waals surface area contributed by atoms with Gasteiger partial charge in [0.25, 0.3) is 0 Å². The summed E-state index contributed by atoms with van der Waals surface area (Å²) in [5.74, 6) is 2.23. The highest BCUT2D eigenvalue weighted by atomic mass is 16.5. The first-order chi connectivity index (χ1) is 10.2. The first-order valence-electron chi connectivity index (χ1n) is 8.12. The molecule has 0 saturated heterocycles. The molecule has 1 unspecified atom stereocenters. The molecular weight excluding hydrogens is 264 g/mol. The molecule has 1 heterocycles. The largest absolute Gasteiger partial charge is 0.490 e. The molecule has 0 amide bonds. The zero-order chi connectivity index (χ0) is 15.5. The molecule has 0 aliphatic carbocycles. The quantitative estimate of drug-likeness (QED) is 0.602. The van der Waals surface area contributed by atoms with Gasteiger partial charge >= 0.3 is 0 Å². The third kappa shape index (κ3) is 6.19. The Morgan fingerprint density at radius 3 is 2.52 bits per heavy atom. The third-order valence-corrected chi connectivity index (χ3v) is 3.42. The average Bonchev–Trinajstić information content (AvgIpc) is 2.49. The van der Waals surface area contributed by atoms with Crippen LogP contribution >= 0.6 is 0 Å². The molecule has 120 valence electrons. The number of nitrogens with one attached hydrogen (secondary N) is 2. The summed E-state index contributed by atoms with van der Waals surface area (Å²) in [7, 11) is 1.66. The van der Waals surface area contributed by atoms with Crippen molar-refractivity contribution in [3.8, 4) is 5.75 Å². The van der Waals surface area contributed by atoms with E-state index in [2.05, 4.69) is 41.4 Å². The Kier molecular flexibility index (Phi) is 8.55. The molecule has 1 atom stereocenters. The van der Waals surface area contributed by atoms with Crippen molar-refractivity contribution in [2.75, 3.05) is 24.3 Å². The molecule has 0 fully saturated rings. The molecule has 21 heavy (non-hydrogen) atoms. The monoisotopic (exact) mass is 294 g/mol. The second-order valence-corrected chi connectivity index (χ2v) is 5.43. The summed E-state index contributed by atoms with van der Waals surface area (Å²) in [6, 6.07) is 0.379. The van der Waals surface area contributed by atoms with Crippen molar-refractivity contribution in [2.45, 2.75) is 65.3 Å². The Labute approximate surface area is 128 Å². The Hall–Kier alpha value is -1.52. The molecule has 5 heteroatoms. The summed E-state index contributed by atoms with van der Waals surface area (Å²) < 4.78 is 5.47. The molecule has 0 aromatic carbocycles. The third-order valence-electron chi connectivity index (χ3n) is 3.42. The summed E-state index contributed by atoms with van der Waals surface area (Å²) in [6.45, 7) is 7.42. The van der Waals surface area contributed by atoms with Gasteiger partial charge in [0.15, 0.2) is 11.6 Å². The molecule has 0 aliphatic rings. The van der Waals surface area contributed by atoms with Gasteiger partial charge in [0.05, 0.1) is 7.11 Å². The number of rotatable bonds is 11. The summed E-state index contributed by atoms with van der Waals surface area (Å²) in [6.07, 6.45) is 8.90. The summed E-state index contributed by atoms with van der Waals surface area (Å²) in [4.78, 5) is 8.57. The molecule has 0 radical (unpaired) electrons. The Morgan fingerprint density at radius 1 is 1.10 bits per heavy atom. The van der Waals surface area contributed by atoms with E-state index in [1.807, 2.05) is 0 Å². The fraction of sp³-hybridized carbons (Fsp3) is 0.750. The van der Waals surface area contributed by atoms with Gasteiger partial charge in [0.1, 0.15) is 6.33 Å². The minimum absolute atomic E-state index is 0.379. The van der Waals surface area contributed by atoms with E-state index in [1.54, 1.807) is 13.4 Å². The van der Waals surface area contributed by atoms with E-state index >= 15 is 0 Å². The van der Waals surface area contributed by atoms with Gasteiger partial charge in [-0.3, -0.25) is 0 Å². The zero-order valence-corrected chi connectivity index (χ0v) is 13.9. The predicted molar refractivity (Wildman–Crippen MR) is 89.2 cm³/mol. The summed E-state index contributed by atoms with van der Waals surface area (Å²) in [5.41, 5.74) is 0. The first-order valence-corrected chi connectivity index (χ1v) is 8.12. The van der Waals surface area contributed by atoms with Crippen LogP contribution in [-0.4, -0.2) is 29.7 Å². The fourth-order valence-corrected chi connectivity index (χ4v) is 2.22. The van der Waals surface area contributed by atoms with Gasteiger partial charge in [-0.15, -0.1) is 0 Å². The number of nitrogens with zero attached hydrogens (tertiary/aromatic N) is 2. The van der Waals surface area contributed by atoms with E-state index in [0.29, 0.717) is 11.8 Å². The molecule has 0 bridgehead atoms. The Balaban J connectivity index is 2.60. The molecule has 5 nitrogen and oxygen atoms in total. The molecule has 1 aromatic rings. The molecule has 1 rings (SSSR count). The van der Waals surface area contributed by atoms with Gasteiger partial charge in [-0.25, -0.2) is 9.97 Å². The molecule has 2 N–H and O–H groups in total. The van der Waals surface area contributed by atoms with Crippen molar-refractivity contribution in [3.63, 3.8) is 0 Å². The van der Waals surface area contributed by atoms with Gasteiger partial charge in [-0.05, 0) is 19.8 Å². The van der Waals surface area contributed by atoms with Crippen molar-refractivity contribution in [1.82, 2.24) is 9.97 Å². The van der Waals surface area contributed by atoms with Crippen molar-refractivity contribution < 1.29 is 4.74 Å². The lowest BCUT2D eigenvalue weighted by molar-refractivity contribution is 0.414. The van der Waals surface area contributed by atoms with E-state index in [-0.39, 0.29) is 0 Å². The maximum atomic E-state index is 5.47. The highest BCUT2D eigenvalue weighted by Crippen LogP contribution is 2.29. The van der Waals surface area contributed by atoms with Gasteiger partial charge in [0, 0.05) is 12.6 Å². The van der Waals surface area contributed by atoms with Crippen molar-refractivity contribution >= 4 is 11.6 Å². The predicted octanol–water partition coefficient (Wildman–Crippen LogP) is 4.08. The maximum absolute atomic E-state index is 5.47. The molecular formula is C16H30N4O. The summed E-state index contributed by atoms with van der Waals surface area (Å²) >= 11 is 0. The van der Waals surface area contributed by atoms with Gasteiger partial charge in [-0.1, -0.05) is 39.5 Å². The van der Waals surface area contributed by atoms with Crippen LogP contribution in [0.5, 0.6) is 5.75 Å². The molecule has 0 aliphatic heterocycles. The van der Waals surface area contributed by atoms with E-state index in [0.717, 1.165) is 31.0 Å². The minimum atomic E-state index is 0.379. The molecule has 1 aromatic heterocycles. The maximum Gasteiger partial charge on any atom is 0.204 e. The van der Waals surface area contributed by atoms with Gasteiger partial charge < -0.3 is 15.4 Å². The van der Waals surface area contributed by atoms with Crippen LogP contribution in [0.15, 0.2) is 6.33 Å². The SMILES string of the molecule is CCCCCCC(C)Nc1ncnc(NCCC)c1OC. The highest BCUT2D eigenvalue weighted by Gasteiger charge is 2.13. The van der Waals surface area contributed by atoms with Crippen LogP contribution in [0, 0.1) is 0 Å². The number of hydrogen-bond donors (Lipinski definition) is 2. The normalized spacial score (nSPS) is 12.0. The van der Waals surface area contributed by atoms with Crippen molar-refractivity contribution in [2.24, 2.45) is 0 Å². The Bertz CT molecular complexity index is 398. The lowest BCUT2D eigenvalue weighted by atomic mass is 10.1. The van der Waals surface area contributed by atoms with E-state index < -0.39 is 0 Å². The minimum Gasteiger partial charge on any atom is -0.490 e. The molecule has 0 spiro atoms.